The molecule has 1 heterocycles. The number of nitrogens with one attached hydrogen (secondary N) is 1. The van der Waals surface area contributed by atoms with Crippen LogP contribution in [0.15, 0.2) is 51.7 Å². The zero-order valence-corrected chi connectivity index (χ0v) is 15.7. The third kappa shape index (κ3) is 4.51. The molecule has 0 aliphatic rings. The van der Waals surface area contributed by atoms with Gasteiger partial charge in [0.05, 0.1) is 28.2 Å². The van der Waals surface area contributed by atoms with Crippen molar-refractivity contribution in [2.75, 3.05) is 12.4 Å². The number of hydrogen-bond donors (Lipinski definition) is 1. The van der Waals surface area contributed by atoms with E-state index < -0.39 is 22.4 Å². The van der Waals surface area contributed by atoms with Gasteiger partial charge in [-0.1, -0.05) is 23.5 Å². The zero-order chi connectivity index (χ0) is 20.3. The summed E-state index contributed by atoms with van der Waals surface area (Å²) in [5.41, 5.74) is -1.08. The zero-order valence-electron chi connectivity index (χ0n) is 14.1. The van der Waals surface area contributed by atoms with Crippen LogP contribution in [0.4, 0.5) is 29.7 Å². The Kier molecular flexibility index (Phi) is 5.70. The van der Waals surface area contributed by atoms with E-state index in [1.54, 1.807) is 24.3 Å². The van der Waals surface area contributed by atoms with E-state index >= 15 is 0 Å². The molecular weight excluding hydrogens is 417 g/mol. The largest absolute Gasteiger partial charge is 0.495 e. The number of hydrogen-bond acceptors (Lipinski definition) is 8. The lowest BCUT2D eigenvalue weighted by Gasteiger charge is -2.08. The topological polar surface area (TPSA) is 90.2 Å². The average molecular weight is 428 g/mol. The predicted octanol–water partition coefficient (Wildman–Crippen LogP) is 5.37. The maximum Gasteiger partial charge on any atom is 0.416 e. The molecule has 146 valence electrons. The minimum absolute atomic E-state index is 0.0398. The summed E-state index contributed by atoms with van der Waals surface area (Å²) >= 11 is 1.97. The Morgan fingerprint density at radius 2 is 1.96 bits per heavy atom. The van der Waals surface area contributed by atoms with Gasteiger partial charge in [0.15, 0.2) is 4.34 Å². The lowest BCUT2D eigenvalue weighted by molar-refractivity contribution is -0.388. The molecule has 7 nitrogen and oxygen atoms in total. The van der Waals surface area contributed by atoms with E-state index in [1.165, 1.54) is 7.11 Å². The summed E-state index contributed by atoms with van der Waals surface area (Å²) in [7, 11) is 1.52. The average Bonchev–Trinajstić information content (AvgIpc) is 3.08. The van der Waals surface area contributed by atoms with Crippen LogP contribution in [0.2, 0.25) is 0 Å². The second-order valence-electron chi connectivity index (χ2n) is 5.24. The number of rotatable bonds is 6. The molecule has 0 saturated carbocycles. The maximum absolute atomic E-state index is 12.8. The van der Waals surface area contributed by atoms with Crippen molar-refractivity contribution >= 4 is 39.6 Å². The summed E-state index contributed by atoms with van der Waals surface area (Å²) in [6, 6.07) is 9.49. The van der Waals surface area contributed by atoms with Crippen molar-refractivity contribution in [2.24, 2.45) is 0 Å². The number of halogens is 3. The van der Waals surface area contributed by atoms with Crippen molar-refractivity contribution in [3.8, 4) is 5.75 Å². The number of methoxy groups -OCH3 is 1. The van der Waals surface area contributed by atoms with Crippen molar-refractivity contribution in [3.05, 3.63) is 58.1 Å². The lowest BCUT2D eigenvalue weighted by atomic mass is 10.2. The van der Waals surface area contributed by atoms with Crippen LogP contribution in [0.5, 0.6) is 5.75 Å². The Morgan fingerprint density at radius 3 is 2.64 bits per heavy atom. The van der Waals surface area contributed by atoms with Crippen LogP contribution in [0.25, 0.3) is 0 Å². The van der Waals surface area contributed by atoms with E-state index in [0.717, 1.165) is 35.2 Å². The summed E-state index contributed by atoms with van der Waals surface area (Å²) < 4.78 is 43.9. The van der Waals surface area contributed by atoms with Gasteiger partial charge in [0.25, 0.3) is 5.69 Å². The number of nitrogens with zero attached hydrogens (tertiary/aromatic N) is 3. The summed E-state index contributed by atoms with van der Waals surface area (Å²) in [4.78, 5) is 10.4. The van der Waals surface area contributed by atoms with Gasteiger partial charge in [-0.3, -0.25) is 10.1 Å². The van der Waals surface area contributed by atoms with Gasteiger partial charge in [0, 0.05) is 6.07 Å². The fourth-order valence-corrected chi connectivity index (χ4v) is 3.99. The van der Waals surface area contributed by atoms with E-state index in [2.05, 4.69) is 15.5 Å². The highest BCUT2D eigenvalue weighted by Gasteiger charge is 2.33. The molecule has 0 fully saturated rings. The number of aromatic nitrogens is 2. The van der Waals surface area contributed by atoms with Gasteiger partial charge in [-0.05, 0) is 36.0 Å². The van der Waals surface area contributed by atoms with Crippen LogP contribution < -0.4 is 10.1 Å². The van der Waals surface area contributed by atoms with Crippen molar-refractivity contribution in [2.45, 2.75) is 15.4 Å². The van der Waals surface area contributed by atoms with Gasteiger partial charge in [-0.2, -0.15) is 13.2 Å². The van der Waals surface area contributed by atoms with Gasteiger partial charge in [-0.25, -0.2) is 0 Å². The van der Waals surface area contributed by atoms with Crippen LogP contribution in [0, 0.1) is 10.1 Å². The Labute approximate surface area is 164 Å². The number of anilines is 2. The second kappa shape index (κ2) is 8.02. The maximum atomic E-state index is 12.8. The Balaban J connectivity index is 1.82. The molecule has 1 aromatic heterocycles. The smallest absolute Gasteiger partial charge is 0.416 e. The molecule has 3 aromatic rings. The van der Waals surface area contributed by atoms with Gasteiger partial charge in [0.1, 0.15) is 5.75 Å². The van der Waals surface area contributed by atoms with Crippen molar-refractivity contribution in [1.29, 1.82) is 0 Å². The minimum Gasteiger partial charge on any atom is -0.495 e. The van der Waals surface area contributed by atoms with Crippen LogP contribution in [-0.2, 0) is 6.18 Å². The van der Waals surface area contributed by atoms with Crippen molar-refractivity contribution < 1.29 is 22.8 Å². The number of ether oxygens (including phenoxy) is 1. The van der Waals surface area contributed by atoms with Crippen LogP contribution in [-0.4, -0.2) is 22.2 Å². The van der Waals surface area contributed by atoms with E-state index in [0.29, 0.717) is 27.0 Å². The summed E-state index contributed by atoms with van der Waals surface area (Å²) in [6.07, 6.45) is -4.66. The van der Waals surface area contributed by atoms with E-state index in [9.17, 15) is 23.3 Å². The third-order valence-corrected chi connectivity index (χ3v) is 5.39. The molecule has 28 heavy (non-hydrogen) atoms. The van der Waals surface area contributed by atoms with Crippen molar-refractivity contribution in [1.82, 2.24) is 10.2 Å². The minimum atomic E-state index is -4.66. The monoisotopic (exact) mass is 428 g/mol. The first-order chi connectivity index (χ1) is 13.3. The highest BCUT2D eigenvalue weighted by atomic mass is 32.2. The molecule has 0 aliphatic carbocycles. The van der Waals surface area contributed by atoms with Gasteiger partial charge >= 0.3 is 6.18 Å². The number of nitro benzene ring substituents is 1. The molecule has 0 unspecified atom stereocenters. The van der Waals surface area contributed by atoms with Crippen LogP contribution in [0.1, 0.15) is 5.56 Å². The number of benzene rings is 2. The molecule has 1 N–H and O–H groups in total. The second-order valence-corrected chi connectivity index (χ2v) is 7.50. The van der Waals surface area contributed by atoms with E-state index in [4.69, 9.17) is 4.74 Å². The first-order valence-electron chi connectivity index (χ1n) is 7.55. The fourth-order valence-electron chi connectivity index (χ4n) is 2.18. The molecule has 3 rings (SSSR count). The SMILES string of the molecule is COc1ccccc1Nc1nnc(Sc2ccc(C(F)(F)F)cc2[N+](=O)[O-])s1. The molecule has 0 saturated heterocycles. The van der Waals surface area contributed by atoms with Crippen molar-refractivity contribution in [3.63, 3.8) is 0 Å². The number of nitro groups is 1. The van der Waals surface area contributed by atoms with Gasteiger partial charge in [0.2, 0.25) is 5.13 Å². The molecule has 0 bridgehead atoms. The van der Waals surface area contributed by atoms with Gasteiger partial charge in [-0.15, -0.1) is 10.2 Å². The van der Waals surface area contributed by atoms with E-state index in [1.807, 2.05) is 0 Å². The Hall–Kier alpha value is -2.86. The molecule has 0 atom stereocenters. The standard InChI is InChI=1S/C16H11F3N4O3S2/c1-26-12-5-3-2-4-10(12)20-14-21-22-15(28-14)27-13-7-6-9(16(17,18)19)8-11(13)23(24)25/h2-8H,1H3,(H,20,21). The normalized spacial score (nSPS) is 11.3. The van der Waals surface area contributed by atoms with Gasteiger partial charge < -0.3 is 10.1 Å². The first-order valence-corrected chi connectivity index (χ1v) is 9.18. The predicted molar refractivity (Wildman–Crippen MR) is 98.4 cm³/mol. The Bertz CT molecular complexity index is 1010. The molecular formula is C16H11F3N4O3S2. The molecule has 2 aromatic carbocycles. The molecule has 0 spiro atoms. The highest BCUT2D eigenvalue weighted by Crippen LogP contribution is 2.41. The molecule has 0 radical (unpaired) electrons. The Morgan fingerprint density at radius 1 is 1.21 bits per heavy atom. The van der Waals surface area contributed by atoms with Crippen LogP contribution >= 0.6 is 23.1 Å². The summed E-state index contributed by atoms with van der Waals surface area (Å²) in [5, 5.41) is 22.5. The van der Waals surface area contributed by atoms with Crippen LogP contribution in [0.3, 0.4) is 0 Å². The van der Waals surface area contributed by atoms with E-state index in [-0.39, 0.29) is 4.90 Å². The number of alkyl halides is 3. The summed E-state index contributed by atoms with van der Waals surface area (Å²) in [6.45, 7) is 0. The fraction of sp³-hybridized carbons (Fsp3) is 0.125. The molecule has 0 aliphatic heterocycles. The highest BCUT2D eigenvalue weighted by molar-refractivity contribution is 8.01. The number of para-hydroxylation sites is 2. The summed E-state index contributed by atoms with van der Waals surface area (Å²) in [5.74, 6) is 0.588. The first kappa shape index (κ1) is 19.9. The lowest BCUT2D eigenvalue weighted by Crippen LogP contribution is -2.05. The third-order valence-electron chi connectivity index (χ3n) is 3.44. The molecule has 12 heteroatoms. The quantitative estimate of drug-likeness (QED) is 0.417. The molecule has 0 amide bonds.